The molecular formula is C17H14BrN3O2. The van der Waals surface area contributed by atoms with Gasteiger partial charge in [0.25, 0.3) is 0 Å². The number of aromatic nitrogens is 1. The minimum atomic E-state index is -0.339. The minimum Gasteiger partial charge on any atom is -0.354 e. The Balaban J connectivity index is 1.58. The van der Waals surface area contributed by atoms with Crippen molar-refractivity contribution in [2.24, 2.45) is 0 Å². The molecule has 0 radical (unpaired) electrons. The largest absolute Gasteiger partial charge is 0.354 e. The number of nitrogens with one attached hydrogen (secondary N) is 2. The highest BCUT2D eigenvalue weighted by Gasteiger charge is 2.09. The normalized spacial score (nSPS) is 10.3. The summed E-state index contributed by atoms with van der Waals surface area (Å²) in [6, 6.07) is 18.6. The molecule has 2 aromatic carbocycles. The van der Waals surface area contributed by atoms with Crippen LogP contribution in [0.1, 0.15) is 5.56 Å². The van der Waals surface area contributed by atoms with E-state index in [4.69, 9.17) is 4.52 Å². The SMILES string of the molecule is O=C(NCc1ccccc1Br)Nc1cc(-c2ccccc2)on1. The zero-order valence-corrected chi connectivity index (χ0v) is 13.7. The maximum atomic E-state index is 11.9. The molecule has 0 saturated carbocycles. The number of nitrogens with zero attached hydrogens (tertiary/aromatic N) is 1. The number of anilines is 1. The van der Waals surface area contributed by atoms with E-state index >= 15 is 0 Å². The molecule has 1 heterocycles. The number of hydrogen-bond donors (Lipinski definition) is 2. The van der Waals surface area contributed by atoms with Gasteiger partial charge in [0.2, 0.25) is 0 Å². The van der Waals surface area contributed by atoms with Crippen molar-refractivity contribution in [2.75, 3.05) is 5.32 Å². The highest BCUT2D eigenvalue weighted by atomic mass is 79.9. The number of urea groups is 1. The molecule has 0 unspecified atom stereocenters. The van der Waals surface area contributed by atoms with Crippen molar-refractivity contribution in [3.05, 3.63) is 70.7 Å². The Hall–Kier alpha value is -2.60. The van der Waals surface area contributed by atoms with Crippen molar-refractivity contribution in [1.82, 2.24) is 10.5 Å². The number of amides is 2. The smallest absolute Gasteiger partial charge is 0.320 e. The van der Waals surface area contributed by atoms with Crippen LogP contribution >= 0.6 is 15.9 Å². The predicted octanol–water partition coefficient (Wildman–Crippen LogP) is 4.43. The molecule has 2 N–H and O–H groups in total. The molecule has 0 saturated heterocycles. The quantitative estimate of drug-likeness (QED) is 0.712. The third kappa shape index (κ3) is 3.98. The predicted molar refractivity (Wildman–Crippen MR) is 91.9 cm³/mol. The number of halogens is 1. The van der Waals surface area contributed by atoms with Gasteiger partial charge in [0.15, 0.2) is 11.6 Å². The van der Waals surface area contributed by atoms with Crippen LogP contribution in [-0.4, -0.2) is 11.2 Å². The third-order valence-corrected chi connectivity index (χ3v) is 3.98. The van der Waals surface area contributed by atoms with Gasteiger partial charge >= 0.3 is 6.03 Å². The van der Waals surface area contributed by atoms with Crippen molar-refractivity contribution in [1.29, 1.82) is 0 Å². The van der Waals surface area contributed by atoms with Crippen molar-refractivity contribution in [3.63, 3.8) is 0 Å². The number of carbonyl (C=O) groups excluding carboxylic acids is 1. The lowest BCUT2D eigenvalue weighted by Crippen LogP contribution is -2.28. The van der Waals surface area contributed by atoms with Gasteiger partial charge in [0, 0.05) is 22.6 Å². The molecule has 5 nitrogen and oxygen atoms in total. The summed E-state index contributed by atoms with van der Waals surface area (Å²) < 4.78 is 6.19. The van der Waals surface area contributed by atoms with Gasteiger partial charge in [-0.25, -0.2) is 4.79 Å². The molecular weight excluding hydrogens is 358 g/mol. The topological polar surface area (TPSA) is 67.2 Å². The number of benzene rings is 2. The van der Waals surface area contributed by atoms with E-state index in [1.54, 1.807) is 6.07 Å². The molecule has 1 aromatic heterocycles. The average Bonchev–Trinajstić information content (AvgIpc) is 3.03. The Labute approximate surface area is 141 Å². The fourth-order valence-electron chi connectivity index (χ4n) is 2.05. The summed E-state index contributed by atoms with van der Waals surface area (Å²) in [6.07, 6.45) is 0. The van der Waals surface area contributed by atoms with Crippen LogP contribution in [0.25, 0.3) is 11.3 Å². The standard InChI is InChI=1S/C17H14BrN3O2/c18-14-9-5-4-8-13(14)11-19-17(22)20-16-10-15(23-21-16)12-6-2-1-3-7-12/h1-10H,11H2,(H2,19,20,21,22). The molecule has 3 aromatic rings. The number of hydrogen-bond acceptors (Lipinski definition) is 3. The Bertz CT molecular complexity index is 802. The summed E-state index contributed by atoms with van der Waals surface area (Å²) in [6.45, 7) is 0.413. The molecule has 0 fully saturated rings. The zero-order valence-electron chi connectivity index (χ0n) is 12.1. The van der Waals surface area contributed by atoms with Crippen LogP contribution in [0.15, 0.2) is 69.7 Å². The number of carbonyl (C=O) groups is 1. The van der Waals surface area contributed by atoms with Gasteiger partial charge in [-0.2, -0.15) is 0 Å². The first-order chi connectivity index (χ1) is 11.2. The molecule has 0 aliphatic carbocycles. The van der Waals surface area contributed by atoms with Crippen LogP contribution in [0.4, 0.5) is 10.6 Å². The van der Waals surface area contributed by atoms with Crippen LogP contribution in [0.5, 0.6) is 0 Å². The van der Waals surface area contributed by atoms with Gasteiger partial charge < -0.3 is 9.84 Å². The molecule has 3 rings (SSSR count). The number of rotatable bonds is 4. The summed E-state index contributed by atoms with van der Waals surface area (Å²) in [5.41, 5.74) is 1.90. The van der Waals surface area contributed by atoms with E-state index in [0.717, 1.165) is 15.6 Å². The van der Waals surface area contributed by atoms with E-state index in [1.807, 2.05) is 54.6 Å². The summed E-state index contributed by atoms with van der Waals surface area (Å²) in [5, 5.41) is 9.28. The van der Waals surface area contributed by atoms with Gasteiger partial charge in [0.05, 0.1) is 0 Å². The Morgan fingerprint density at radius 3 is 2.61 bits per heavy atom. The monoisotopic (exact) mass is 371 g/mol. The van der Waals surface area contributed by atoms with Gasteiger partial charge in [-0.15, -0.1) is 0 Å². The first kappa shape index (κ1) is 15.3. The molecule has 2 amide bonds. The second kappa shape index (κ2) is 7.11. The average molecular weight is 372 g/mol. The van der Waals surface area contributed by atoms with Gasteiger partial charge in [0.1, 0.15) is 0 Å². The summed E-state index contributed by atoms with van der Waals surface area (Å²) in [5.74, 6) is 0.972. The maximum Gasteiger partial charge on any atom is 0.320 e. The van der Waals surface area contributed by atoms with E-state index in [1.165, 1.54) is 0 Å². The summed E-state index contributed by atoms with van der Waals surface area (Å²) in [7, 11) is 0. The van der Waals surface area contributed by atoms with Crippen LogP contribution in [-0.2, 0) is 6.54 Å². The van der Waals surface area contributed by atoms with Crippen molar-refractivity contribution < 1.29 is 9.32 Å². The van der Waals surface area contributed by atoms with E-state index in [2.05, 4.69) is 31.7 Å². The molecule has 0 spiro atoms. The molecule has 6 heteroatoms. The molecule has 23 heavy (non-hydrogen) atoms. The van der Waals surface area contributed by atoms with E-state index in [-0.39, 0.29) is 6.03 Å². The van der Waals surface area contributed by atoms with Gasteiger partial charge in [-0.1, -0.05) is 69.6 Å². The third-order valence-electron chi connectivity index (χ3n) is 3.21. The fraction of sp³-hybridized carbons (Fsp3) is 0.0588. The lowest BCUT2D eigenvalue weighted by atomic mass is 10.2. The van der Waals surface area contributed by atoms with Crippen LogP contribution < -0.4 is 10.6 Å². The highest BCUT2D eigenvalue weighted by Crippen LogP contribution is 2.21. The van der Waals surface area contributed by atoms with Crippen molar-refractivity contribution in [2.45, 2.75) is 6.54 Å². The zero-order chi connectivity index (χ0) is 16.1. The van der Waals surface area contributed by atoms with E-state index < -0.39 is 0 Å². The second-order valence-electron chi connectivity index (χ2n) is 4.84. The second-order valence-corrected chi connectivity index (χ2v) is 5.70. The van der Waals surface area contributed by atoms with Gasteiger partial charge in [-0.3, -0.25) is 5.32 Å². The van der Waals surface area contributed by atoms with Crippen molar-refractivity contribution >= 4 is 27.8 Å². The first-order valence-electron chi connectivity index (χ1n) is 7.03. The van der Waals surface area contributed by atoms with E-state index in [9.17, 15) is 4.79 Å². The molecule has 0 bridgehead atoms. The minimum absolute atomic E-state index is 0.339. The van der Waals surface area contributed by atoms with Crippen LogP contribution in [0.2, 0.25) is 0 Å². The molecule has 0 aliphatic rings. The van der Waals surface area contributed by atoms with Crippen molar-refractivity contribution in [3.8, 4) is 11.3 Å². The van der Waals surface area contributed by atoms with Crippen LogP contribution in [0, 0.1) is 0 Å². The highest BCUT2D eigenvalue weighted by molar-refractivity contribution is 9.10. The first-order valence-corrected chi connectivity index (χ1v) is 7.82. The Morgan fingerprint density at radius 1 is 1.09 bits per heavy atom. The fourth-order valence-corrected chi connectivity index (χ4v) is 2.48. The molecule has 116 valence electrons. The Kier molecular flexibility index (Phi) is 4.73. The molecule has 0 aliphatic heterocycles. The molecule has 0 atom stereocenters. The maximum absolute atomic E-state index is 11.9. The summed E-state index contributed by atoms with van der Waals surface area (Å²) in [4.78, 5) is 11.9. The van der Waals surface area contributed by atoms with E-state index in [0.29, 0.717) is 18.1 Å². The van der Waals surface area contributed by atoms with Crippen LogP contribution in [0.3, 0.4) is 0 Å². The lowest BCUT2D eigenvalue weighted by Gasteiger charge is -2.06. The van der Waals surface area contributed by atoms with Gasteiger partial charge in [-0.05, 0) is 11.6 Å². The summed E-state index contributed by atoms with van der Waals surface area (Å²) >= 11 is 3.44. The Morgan fingerprint density at radius 2 is 1.83 bits per heavy atom. The lowest BCUT2D eigenvalue weighted by molar-refractivity contribution is 0.251.